The molecule has 0 saturated carbocycles. The van der Waals surface area contributed by atoms with Crippen molar-refractivity contribution >= 4 is 0 Å². The normalized spacial score (nSPS) is 28.9. The van der Waals surface area contributed by atoms with Gasteiger partial charge in [-0.25, -0.2) is 0 Å². The third-order valence-corrected chi connectivity index (χ3v) is 4.02. The molecule has 2 unspecified atom stereocenters. The van der Waals surface area contributed by atoms with Crippen molar-refractivity contribution in [1.29, 1.82) is 0 Å². The zero-order chi connectivity index (χ0) is 12.5. The lowest BCUT2D eigenvalue weighted by Gasteiger charge is -2.34. The van der Waals surface area contributed by atoms with Crippen molar-refractivity contribution in [2.75, 3.05) is 6.54 Å². The summed E-state index contributed by atoms with van der Waals surface area (Å²) in [7, 11) is 0. The lowest BCUT2D eigenvalue weighted by atomic mass is 9.71. The van der Waals surface area contributed by atoms with Crippen molar-refractivity contribution in [2.24, 2.45) is 17.8 Å². The van der Waals surface area contributed by atoms with Gasteiger partial charge in [-0.2, -0.15) is 0 Å². The van der Waals surface area contributed by atoms with Gasteiger partial charge in [0, 0.05) is 12.5 Å². The van der Waals surface area contributed by atoms with Gasteiger partial charge in [-0.1, -0.05) is 44.2 Å². The quantitative estimate of drug-likeness (QED) is 0.774. The molecule has 0 amide bonds. The number of hydrogen-bond donors (Lipinski definition) is 1. The number of rotatable bonds is 2. The van der Waals surface area contributed by atoms with Gasteiger partial charge < -0.3 is 5.32 Å². The first-order valence-corrected chi connectivity index (χ1v) is 6.96. The molecule has 1 nitrogen and oxygen atoms in total. The first-order valence-electron chi connectivity index (χ1n) is 6.96. The van der Waals surface area contributed by atoms with Gasteiger partial charge in [0.05, 0.1) is 0 Å². The maximum atomic E-state index is 3.34. The predicted octanol–water partition coefficient (Wildman–Crippen LogP) is 3.74. The van der Waals surface area contributed by atoms with Crippen LogP contribution in [0.4, 0.5) is 0 Å². The lowest BCUT2D eigenvalue weighted by molar-refractivity contribution is 0.414. The number of hydrogen-bond acceptors (Lipinski definition) is 1. The highest BCUT2D eigenvalue weighted by molar-refractivity contribution is 5.55. The van der Waals surface area contributed by atoms with E-state index in [2.05, 4.69) is 61.8 Å². The molecule has 0 aromatic rings. The fourth-order valence-corrected chi connectivity index (χ4v) is 3.26. The van der Waals surface area contributed by atoms with Crippen LogP contribution < -0.4 is 5.32 Å². The molecule has 0 radical (unpaired) electrons. The summed E-state index contributed by atoms with van der Waals surface area (Å²) >= 11 is 0. The molecule has 0 bridgehead atoms. The Morgan fingerprint density at radius 2 is 2.17 bits per heavy atom. The van der Waals surface area contributed by atoms with Crippen LogP contribution in [0, 0.1) is 17.8 Å². The molecule has 18 heavy (non-hydrogen) atoms. The van der Waals surface area contributed by atoms with Gasteiger partial charge in [0.1, 0.15) is 0 Å². The van der Waals surface area contributed by atoms with E-state index >= 15 is 0 Å². The van der Waals surface area contributed by atoms with Gasteiger partial charge in [-0.15, -0.1) is 0 Å². The van der Waals surface area contributed by atoms with E-state index in [1.807, 2.05) is 0 Å². The van der Waals surface area contributed by atoms with E-state index in [1.165, 1.54) is 23.1 Å². The van der Waals surface area contributed by atoms with Crippen LogP contribution in [0.15, 0.2) is 59.4 Å². The predicted molar refractivity (Wildman–Crippen MR) is 77.0 cm³/mol. The van der Waals surface area contributed by atoms with Crippen LogP contribution in [-0.2, 0) is 0 Å². The van der Waals surface area contributed by atoms with E-state index in [4.69, 9.17) is 0 Å². The molecule has 2 atom stereocenters. The summed E-state index contributed by atoms with van der Waals surface area (Å²) < 4.78 is 0. The van der Waals surface area contributed by atoms with Crippen molar-refractivity contribution < 1.29 is 0 Å². The molecule has 2 aliphatic carbocycles. The SMILES string of the molecule is CC(C)CC1C=C2C=CNCC2=C2C=CC=CC21. The maximum absolute atomic E-state index is 3.34. The zero-order valence-electron chi connectivity index (χ0n) is 11.2. The second-order valence-electron chi connectivity index (χ2n) is 5.83. The van der Waals surface area contributed by atoms with Crippen molar-refractivity contribution in [3.8, 4) is 0 Å². The van der Waals surface area contributed by atoms with Crippen LogP contribution in [-0.4, -0.2) is 6.54 Å². The second-order valence-corrected chi connectivity index (χ2v) is 5.83. The second kappa shape index (κ2) is 4.64. The molecule has 0 aromatic heterocycles. The van der Waals surface area contributed by atoms with E-state index in [0.29, 0.717) is 11.8 Å². The minimum absolute atomic E-state index is 0.587. The number of nitrogens with one attached hydrogen (secondary N) is 1. The fraction of sp³-hybridized carbons (Fsp3) is 0.412. The van der Waals surface area contributed by atoms with Gasteiger partial charge in [0.2, 0.25) is 0 Å². The summed E-state index contributed by atoms with van der Waals surface area (Å²) in [4.78, 5) is 0. The van der Waals surface area contributed by atoms with Gasteiger partial charge >= 0.3 is 0 Å². The van der Waals surface area contributed by atoms with Crippen LogP contribution in [0.2, 0.25) is 0 Å². The molecule has 0 fully saturated rings. The summed E-state index contributed by atoms with van der Waals surface area (Å²) in [5.41, 5.74) is 4.45. The Kier molecular flexibility index (Phi) is 2.99. The summed E-state index contributed by atoms with van der Waals surface area (Å²) in [6, 6.07) is 0. The highest BCUT2D eigenvalue weighted by Crippen LogP contribution is 2.40. The monoisotopic (exact) mass is 239 g/mol. The van der Waals surface area contributed by atoms with Crippen LogP contribution >= 0.6 is 0 Å². The zero-order valence-corrected chi connectivity index (χ0v) is 11.2. The highest BCUT2D eigenvalue weighted by atomic mass is 14.8. The summed E-state index contributed by atoms with van der Waals surface area (Å²) in [6.07, 6.45) is 17.1. The average Bonchev–Trinajstić information content (AvgIpc) is 2.38. The molecule has 1 N–H and O–H groups in total. The topological polar surface area (TPSA) is 12.0 Å². The van der Waals surface area contributed by atoms with E-state index in [-0.39, 0.29) is 0 Å². The molecule has 0 saturated heterocycles. The third-order valence-electron chi connectivity index (χ3n) is 4.02. The first kappa shape index (κ1) is 11.6. The van der Waals surface area contributed by atoms with Crippen LogP contribution in [0.3, 0.4) is 0 Å². The lowest BCUT2D eigenvalue weighted by Crippen LogP contribution is -2.27. The summed E-state index contributed by atoms with van der Waals surface area (Å²) in [6.45, 7) is 5.61. The van der Waals surface area contributed by atoms with Crippen LogP contribution in [0.5, 0.6) is 0 Å². The van der Waals surface area contributed by atoms with Gasteiger partial charge in [-0.3, -0.25) is 0 Å². The fourth-order valence-electron chi connectivity index (χ4n) is 3.26. The Balaban J connectivity index is 2.01. The molecule has 1 heteroatoms. The minimum atomic E-state index is 0.587. The Bertz CT molecular complexity index is 486. The Labute approximate surface area is 110 Å². The molecule has 1 heterocycles. The van der Waals surface area contributed by atoms with Gasteiger partial charge in [0.25, 0.3) is 0 Å². The van der Waals surface area contributed by atoms with E-state index in [0.717, 1.165) is 12.5 Å². The molecule has 3 aliphatic rings. The Morgan fingerprint density at radius 1 is 1.28 bits per heavy atom. The highest BCUT2D eigenvalue weighted by Gasteiger charge is 2.29. The molecular weight excluding hydrogens is 218 g/mol. The Morgan fingerprint density at radius 3 is 3.00 bits per heavy atom. The smallest absolute Gasteiger partial charge is 0.0404 e. The van der Waals surface area contributed by atoms with Gasteiger partial charge in [0.15, 0.2) is 0 Å². The Hall–Kier alpha value is -1.50. The van der Waals surface area contributed by atoms with Crippen molar-refractivity contribution in [3.63, 3.8) is 0 Å². The molecule has 1 aliphatic heterocycles. The molecule has 0 spiro atoms. The summed E-state index contributed by atoms with van der Waals surface area (Å²) in [5, 5.41) is 3.34. The number of fused-ring (bicyclic) bond motifs is 2. The van der Waals surface area contributed by atoms with Crippen molar-refractivity contribution in [1.82, 2.24) is 5.32 Å². The van der Waals surface area contributed by atoms with Crippen LogP contribution in [0.25, 0.3) is 0 Å². The number of allylic oxidation sites excluding steroid dienone is 7. The van der Waals surface area contributed by atoms with E-state index in [1.54, 1.807) is 0 Å². The first-order chi connectivity index (χ1) is 8.75. The van der Waals surface area contributed by atoms with Crippen LogP contribution in [0.1, 0.15) is 20.3 Å². The minimum Gasteiger partial charge on any atom is -0.387 e. The molecular formula is C17H21N. The largest absolute Gasteiger partial charge is 0.387 e. The van der Waals surface area contributed by atoms with Crippen molar-refractivity contribution in [3.05, 3.63) is 59.4 Å². The molecule has 3 rings (SSSR count). The van der Waals surface area contributed by atoms with E-state index in [9.17, 15) is 0 Å². The van der Waals surface area contributed by atoms with Crippen molar-refractivity contribution in [2.45, 2.75) is 20.3 Å². The maximum Gasteiger partial charge on any atom is 0.0404 e. The third kappa shape index (κ3) is 1.98. The average molecular weight is 239 g/mol. The van der Waals surface area contributed by atoms with E-state index < -0.39 is 0 Å². The molecule has 0 aromatic carbocycles. The van der Waals surface area contributed by atoms with Gasteiger partial charge in [-0.05, 0) is 47.3 Å². The summed E-state index contributed by atoms with van der Waals surface area (Å²) in [5.74, 6) is 1.99. The molecule has 94 valence electrons. The standard InChI is InChI=1S/C17H21N/c1-12(2)9-14-10-13-7-8-18-11-17(13)16-6-4-3-5-15(14)16/h3-8,10,12,14-15,18H,9,11H2,1-2H3.